The van der Waals surface area contributed by atoms with Gasteiger partial charge in [0.25, 0.3) is 0 Å². The number of halogens is 2. The molecule has 0 aromatic heterocycles. The van der Waals surface area contributed by atoms with E-state index < -0.39 is 5.95 Å². The molecule has 52 valence electrons. The predicted molar refractivity (Wildman–Crippen MR) is 41.8 cm³/mol. The van der Waals surface area contributed by atoms with E-state index in [0.29, 0.717) is 11.8 Å². The summed E-state index contributed by atoms with van der Waals surface area (Å²) in [6.07, 6.45) is 3.59. The number of nitrogens with zero attached hydrogens (tertiary/aromatic N) is 1. The summed E-state index contributed by atoms with van der Waals surface area (Å²) >= 11 is 3.09. The van der Waals surface area contributed by atoms with E-state index >= 15 is 0 Å². The van der Waals surface area contributed by atoms with E-state index in [1.807, 2.05) is 6.92 Å². The topological polar surface area (TPSA) is 12.4 Å². The third-order valence-corrected chi connectivity index (χ3v) is 0.946. The van der Waals surface area contributed by atoms with Crippen LogP contribution in [0, 0.1) is 0 Å². The van der Waals surface area contributed by atoms with Gasteiger partial charge >= 0.3 is 0 Å². The van der Waals surface area contributed by atoms with Crippen LogP contribution in [-0.2, 0) is 0 Å². The number of aliphatic imine (C=N–C) groups is 1. The molecule has 0 aromatic rings. The Balaban J connectivity index is 3.60. The maximum atomic E-state index is 12.2. The van der Waals surface area contributed by atoms with E-state index in [2.05, 4.69) is 20.9 Å². The van der Waals surface area contributed by atoms with Crippen molar-refractivity contribution < 1.29 is 4.39 Å². The SMILES string of the molecule is CC/C=C(F)\N=C/CBr. The maximum Gasteiger partial charge on any atom is 0.208 e. The molecule has 0 atom stereocenters. The van der Waals surface area contributed by atoms with Crippen LogP contribution < -0.4 is 0 Å². The molecule has 0 radical (unpaired) electrons. The molecule has 0 N–H and O–H groups in total. The third-order valence-electron chi connectivity index (χ3n) is 0.656. The fourth-order valence-electron chi connectivity index (χ4n) is 0.343. The van der Waals surface area contributed by atoms with E-state index in [1.54, 1.807) is 0 Å². The second kappa shape index (κ2) is 5.95. The molecule has 1 nitrogen and oxygen atoms in total. The van der Waals surface area contributed by atoms with Gasteiger partial charge in [-0.15, -0.1) is 0 Å². The highest BCUT2D eigenvalue weighted by Gasteiger charge is 1.82. The van der Waals surface area contributed by atoms with E-state index in [0.717, 1.165) is 0 Å². The molecule has 0 spiro atoms. The Morgan fingerprint density at radius 2 is 2.44 bits per heavy atom. The number of hydrogen-bond donors (Lipinski definition) is 0. The first kappa shape index (κ1) is 8.82. The van der Waals surface area contributed by atoms with Gasteiger partial charge in [0.05, 0.1) is 0 Å². The van der Waals surface area contributed by atoms with Crippen molar-refractivity contribution in [2.45, 2.75) is 13.3 Å². The van der Waals surface area contributed by atoms with Crippen LogP contribution in [0.3, 0.4) is 0 Å². The molecular formula is C6H9BrFN. The second-order valence-corrected chi connectivity index (χ2v) is 2.05. The van der Waals surface area contributed by atoms with Crippen molar-refractivity contribution in [1.82, 2.24) is 0 Å². The molecule has 0 saturated carbocycles. The molecule has 0 aliphatic carbocycles. The second-order valence-electron chi connectivity index (χ2n) is 1.40. The van der Waals surface area contributed by atoms with Crippen molar-refractivity contribution in [3.05, 3.63) is 12.0 Å². The van der Waals surface area contributed by atoms with Gasteiger partial charge in [0, 0.05) is 11.5 Å². The summed E-state index contributed by atoms with van der Waals surface area (Å²) in [6.45, 7) is 1.86. The van der Waals surface area contributed by atoms with Gasteiger partial charge in [-0.05, 0) is 12.5 Å². The highest BCUT2D eigenvalue weighted by molar-refractivity contribution is 9.09. The first-order valence-electron chi connectivity index (χ1n) is 2.75. The minimum Gasteiger partial charge on any atom is -0.232 e. The van der Waals surface area contributed by atoms with Crippen molar-refractivity contribution in [2.24, 2.45) is 4.99 Å². The molecule has 0 rings (SSSR count). The highest BCUT2D eigenvalue weighted by Crippen LogP contribution is 1.98. The number of allylic oxidation sites excluding steroid dienone is 1. The van der Waals surface area contributed by atoms with Gasteiger partial charge in [0.2, 0.25) is 5.95 Å². The molecule has 0 heterocycles. The largest absolute Gasteiger partial charge is 0.232 e. The molecule has 0 fully saturated rings. The summed E-state index contributed by atoms with van der Waals surface area (Å²) in [6, 6.07) is 0. The van der Waals surface area contributed by atoms with E-state index in [9.17, 15) is 4.39 Å². The van der Waals surface area contributed by atoms with Crippen LogP contribution in [-0.4, -0.2) is 11.5 Å². The number of hydrogen-bond acceptors (Lipinski definition) is 1. The quantitative estimate of drug-likeness (QED) is 0.372. The summed E-state index contributed by atoms with van der Waals surface area (Å²) in [5, 5.41) is 0.595. The lowest BCUT2D eigenvalue weighted by molar-refractivity contribution is 0.623. The lowest BCUT2D eigenvalue weighted by atomic mass is 10.5. The minimum absolute atomic E-state index is 0.406. The lowest BCUT2D eigenvalue weighted by Crippen LogP contribution is -1.73. The Kier molecular flexibility index (Phi) is 5.83. The van der Waals surface area contributed by atoms with Gasteiger partial charge in [0.1, 0.15) is 0 Å². The van der Waals surface area contributed by atoms with Crippen molar-refractivity contribution in [3.63, 3.8) is 0 Å². The summed E-state index contributed by atoms with van der Waals surface area (Å²) in [4.78, 5) is 3.45. The fourth-order valence-corrected chi connectivity index (χ4v) is 0.488. The Morgan fingerprint density at radius 1 is 1.78 bits per heavy atom. The lowest BCUT2D eigenvalue weighted by Gasteiger charge is -1.82. The normalized spacial score (nSPS) is 13.0. The van der Waals surface area contributed by atoms with Gasteiger partial charge in [-0.25, -0.2) is 4.99 Å². The average molecular weight is 194 g/mol. The van der Waals surface area contributed by atoms with Crippen LogP contribution in [0.25, 0.3) is 0 Å². The molecular weight excluding hydrogens is 185 g/mol. The molecule has 3 heteroatoms. The first-order valence-corrected chi connectivity index (χ1v) is 3.87. The molecule has 9 heavy (non-hydrogen) atoms. The molecule has 0 saturated heterocycles. The first-order chi connectivity index (χ1) is 4.31. The zero-order valence-corrected chi connectivity index (χ0v) is 6.86. The van der Waals surface area contributed by atoms with Crippen molar-refractivity contribution in [2.75, 3.05) is 5.33 Å². The summed E-state index contributed by atoms with van der Waals surface area (Å²) in [5.74, 6) is -0.406. The molecule has 0 bridgehead atoms. The average Bonchev–Trinajstić information content (AvgIpc) is 1.85. The number of rotatable bonds is 3. The summed E-state index contributed by atoms with van der Waals surface area (Å²) < 4.78 is 12.2. The third kappa shape index (κ3) is 5.69. The van der Waals surface area contributed by atoms with Crippen molar-refractivity contribution in [3.8, 4) is 0 Å². The van der Waals surface area contributed by atoms with Gasteiger partial charge in [-0.2, -0.15) is 4.39 Å². The van der Waals surface area contributed by atoms with E-state index in [1.165, 1.54) is 12.3 Å². The standard InChI is InChI=1S/C6H9BrFN/c1-2-3-6(8)9-5-4-7/h3,5H,2,4H2,1H3/b6-3-,9-5-. The van der Waals surface area contributed by atoms with E-state index in [4.69, 9.17) is 0 Å². The van der Waals surface area contributed by atoms with Gasteiger partial charge in [-0.3, -0.25) is 0 Å². The molecule has 0 aromatic carbocycles. The minimum atomic E-state index is -0.406. The predicted octanol–water partition coefficient (Wildman–Crippen LogP) is 2.67. The Morgan fingerprint density at radius 3 is 2.89 bits per heavy atom. The van der Waals surface area contributed by atoms with Crippen LogP contribution in [0.1, 0.15) is 13.3 Å². The Labute approximate surface area is 62.8 Å². The Bertz CT molecular complexity index is 120. The van der Waals surface area contributed by atoms with E-state index in [-0.39, 0.29) is 0 Å². The van der Waals surface area contributed by atoms with Crippen LogP contribution in [0.2, 0.25) is 0 Å². The summed E-state index contributed by atoms with van der Waals surface area (Å²) in [5.41, 5.74) is 0. The van der Waals surface area contributed by atoms with Crippen LogP contribution in [0.4, 0.5) is 4.39 Å². The maximum absolute atomic E-state index is 12.2. The molecule has 0 unspecified atom stereocenters. The van der Waals surface area contributed by atoms with Gasteiger partial charge in [-0.1, -0.05) is 22.9 Å². The highest BCUT2D eigenvalue weighted by atomic mass is 79.9. The van der Waals surface area contributed by atoms with Crippen LogP contribution in [0.5, 0.6) is 0 Å². The molecule has 0 amide bonds. The zero-order chi connectivity index (χ0) is 7.11. The van der Waals surface area contributed by atoms with Gasteiger partial charge in [0.15, 0.2) is 0 Å². The Hall–Kier alpha value is -0.180. The van der Waals surface area contributed by atoms with Crippen molar-refractivity contribution in [1.29, 1.82) is 0 Å². The molecule has 0 aliphatic heterocycles. The number of alkyl halides is 1. The molecule has 0 aliphatic rings. The van der Waals surface area contributed by atoms with Crippen LogP contribution >= 0.6 is 15.9 Å². The monoisotopic (exact) mass is 193 g/mol. The zero-order valence-electron chi connectivity index (χ0n) is 5.27. The van der Waals surface area contributed by atoms with Gasteiger partial charge < -0.3 is 0 Å². The van der Waals surface area contributed by atoms with Crippen molar-refractivity contribution >= 4 is 22.1 Å². The van der Waals surface area contributed by atoms with Crippen LogP contribution in [0.15, 0.2) is 17.0 Å². The smallest absolute Gasteiger partial charge is 0.208 e. The summed E-state index contributed by atoms with van der Waals surface area (Å²) in [7, 11) is 0. The fraction of sp³-hybridized carbons (Fsp3) is 0.500.